The Hall–Kier alpha value is -2.10. The van der Waals surface area contributed by atoms with Gasteiger partial charge >= 0.3 is 12.4 Å². The van der Waals surface area contributed by atoms with Gasteiger partial charge in [-0.25, -0.2) is 0 Å². The third-order valence-corrected chi connectivity index (χ3v) is 6.63. The molecule has 1 heterocycles. The van der Waals surface area contributed by atoms with Crippen LogP contribution in [0.5, 0.6) is 0 Å². The van der Waals surface area contributed by atoms with Gasteiger partial charge < -0.3 is 10.6 Å². The first kappa shape index (κ1) is 25.5. The topological polar surface area (TPSA) is 63.4 Å². The lowest BCUT2D eigenvalue weighted by Gasteiger charge is -2.37. The van der Waals surface area contributed by atoms with Crippen LogP contribution in [0.1, 0.15) is 61.6 Å². The molecule has 33 heavy (non-hydrogen) atoms. The molecule has 0 unspecified atom stereocenters. The van der Waals surface area contributed by atoms with Crippen molar-refractivity contribution in [1.82, 2.24) is 4.90 Å². The molecule has 1 aromatic carbocycles. The molecule has 2 aliphatic rings. The number of amides is 1. The van der Waals surface area contributed by atoms with Crippen molar-refractivity contribution in [2.45, 2.75) is 69.8 Å². The summed E-state index contributed by atoms with van der Waals surface area (Å²) in [7, 11) is 0. The first-order chi connectivity index (χ1) is 15.3. The van der Waals surface area contributed by atoms with E-state index < -0.39 is 35.7 Å². The Morgan fingerprint density at radius 2 is 1.42 bits per heavy atom. The molecule has 0 radical (unpaired) electrons. The number of nitrogens with two attached hydrogens (primary N) is 1. The monoisotopic (exact) mass is 478 g/mol. The molecule has 0 aromatic heterocycles. The van der Waals surface area contributed by atoms with Gasteiger partial charge in [-0.2, -0.15) is 26.3 Å². The summed E-state index contributed by atoms with van der Waals surface area (Å²) in [6, 6.07) is 1.11. The molecule has 1 aliphatic carbocycles. The molecular formula is C23H28F6N2O2. The number of hydrogen-bond donors (Lipinski definition) is 1. The van der Waals surface area contributed by atoms with Crippen LogP contribution in [0.2, 0.25) is 0 Å². The Bertz CT molecular complexity index is 827. The fourth-order valence-electron chi connectivity index (χ4n) is 4.80. The summed E-state index contributed by atoms with van der Waals surface area (Å²) in [6.45, 7) is 0.948. The van der Waals surface area contributed by atoms with E-state index in [0.717, 1.165) is 25.7 Å². The van der Waals surface area contributed by atoms with E-state index in [-0.39, 0.29) is 41.8 Å². The van der Waals surface area contributed by atoms with E-state index in [0.29, 0.717) is 38.1 Å². The molecule has 10 heteroatoms. The lowest BCUT2D eigenvalue weighted by atomic mass is 9.83. The molecule has 1 saturated carbocycles. The molecule has 1 saturated heterocycles. The molecule has 1 aromatic rings. The van der Waals surface area contributed by atoms with E-state index in [1.54, 1.807) is 4.90 Å². The predicted octanol–water partition coefficient (Wildman–Crippen LogP) is 4.98. The third-order valence-electron chi connectivity index (χ3n) is 6.63. The number of rotatable bonds is 5. The molecule has 3 rings (SSSR count). The van der Waals surface area contributed by atoms with Gasteiger partial charge in [0.2, 0.25) is 5.91 Å². The molecule has 2 N–H and O–H groups in total. The van der Waals surface area contributed by atoms with Crippen LogP contribution < -0.4 is 5.73 Å². The molecule has 1 amide bonds. The zero-order chi connectivity index (χ0) is 24.4. The van der Waals surface area contributed by atoms with Crippen molar-refractivity contribution in [3.8, 4) is 0 Å². The highest BCUT2D eigenvalue weighted by atomic mass is 19.4. The van der Waals surface area contributed by atoms with Crippen LogP contribution >= 0.6 is 0 Å². The predicted molar refractivity (Wildman–Crippen MR) is 109 cm³/mol. The molecule has 0 spiro atoms. The lowest BCUT2D eigenvalue weighted by molar-refractivity contribution is -0.143. The minimum Gasteiger partial charge on any atom is -0.342 e. The summed E-state index contributed by atoms with van der Waals surface area (Å²) < 4.78 is 78.1. The number of benzene rings is 1. The second kappa shape index (κ2) is 10.0. The van der Waals surface area contributed by atoms with Gasteiger partial charge in [0.25, 0.3) is 0 Å². The van der Waals surface area contributed by atoms with E-state index >= 15 is 0 Å². The first-order valence-corrected chi connectivity index (χ1v) is 11.2. The van der Waals surface area contributed by atoms with Crippen molar-refractivity contribution in [2.75, 3.05) is 13.1 Å². The summed E-state index contributed by atoms with van der Waals surface area (Å²) >= 11 is 0. The maximum absolute atomic E-state index is 13.0. The van der Waals surface area contributed by atoms with E-state index in [2.05, 4.69) is 0 Å². The number of ketones is 1. The van der Waals surface area contributed by atoms with Gasteiger partial charge in [-0.05, 0) is 55.4 Å². The first-order valence-electron chi connectivity index (χ1n) is 11.2. The van der Waals surface area contributed by atoms with Crippen LogP contribution in [-0.2, 0) is 28.4 Å². The highest BCUT2D eigenvalue weighted by Gasteiger charge is 2.37. The standard InChI is InChI=1S/C23H28F6N2O2/c24-22(25,26)16-9-15(10-17(13-16)23(27,28)29)12-18(32)11-14-5-7-31(8-6-14)21(33)19-3-1-2-4-20(19)30/h9-10,13-14,19-20H,1-8,11-12,30H2/t19-,20+/m0/s1. The summed E-state index contributed by atoms with van der Waals surface area (Å²) in [5.41, 5.74) is 2.94. The molecule has 2 atom stereocenters. The number of piperidine rings is 1. The van der Waals surface area contributed by atoms with Gasteiger partial charge in [-0.1, -0.05) is 12.8 Å². The van der Waals surface area contributed by atoms with Crippen LogP contribution in [0.25, 0.3) is 0 Å². The highest BCUT2D eigenvalue weighted by Crippen LogP contribution is 2.36. The quantitative estimate of drug-likeness (QED) is 0.607. The number of halogens is 6. The molecule has 0 bridgehead atoms. The zero-order valence-electron chi connectivity index (χ0n) is 18.1. The average Bonchev–Trinajstić information content (AvgIpc) is 2.72. The minimum atomic E-state index is -4.95. The van der Waals surface area contributed by atoms with Crippen molar-refractivity contribution in [3.63, 3.8) is 0 Å². The highest BCUT2D eigenvalue weighted by molar-refractivity contribution is 5.81. The van der Waals surface area contributed by atoms with Gasteiger partial charge in [-0.15, -0.1) is 0 Å². The zero-order valence-corrected chi connectivity index (χ0v) is 18.1. The maximum Gasteiger partial charge on any atom is 0.416 e. The van der Waals surface area contributed by atoms with Crippen molar-refractivity contribution < 1.29 is 35.9 Å². The van der Waals surface area contributed by atoms with Gasteiger partial charge in [0.15, 0.2) is 0 Å². The van der Waals surface area contributed by atoms with E-state index in [4.69, 9.17) is 5.73 Å². The van der Waals surface area contributed by atoms with Gasteiger partial charge in [0.1, 0.15) is 5.78 Å². The van der Waals surface area contributed by atoms with Crippen LogP contribution in [0.4, 0.5) is 26.3 Å². The van der Waals surface area contributed by atoms with E-state index in [9.17, 15) is 35.9 Å². The lowest BCUT2D eigenvalue weighted by Crippen LogP contribution is -2.48. The second-order valence-electron chi connectivity index (χ2n) is 9.16. The number of nitrogens with zero attached hydrogens (tertiary/aromatic N) is 1. The largest absolute Gasteiger partial charge is 0.416 e. The van der Waals surface area contributed by atoms with E-state index in [1.165, 1.54) is 0 Å². The van der Waals surface area contributed by atoms with Crippen molar-refractivity contribution >= 4 is 11.7 Å². The smallest absolute Gasteiger partial charge is 0.342 e. The van der Waals surface area contributed by atoms with Crippen molar-refractivity contribution in [1.29, 1.82) is 0 Å². The summed E-state index contributed by atoms with van der Waals surface area (Å²) in [6.07, 6.45) is -5.61. The fourth-order valence-corrected chi connectivity index (χ4v) is 4.80. The van der Waals surface area contributed by atoms with Crippen LogP contribution in [0.3, 0.4) is 0 Å². The Balaban J connectivity index is 1.57. The Labute approximate surface area is 188 Å². The molecular weight excluding hydrogens is 450 g/mol. The fraction of sp³-hybridized carbons (Fsp3) is 0.652. The van der Waals surface area contributed by atoms with Crippen LogP contribution in [-0.4, -0.2) is 35.7 Å². The Kier molecular flexibility index (Phi) is 7.76. The number of Topliss-reactive ketones (excluding diaryl/α,β-unsaturated/α-hetero) is 1. The van der Waals surface area contributed by atoms with Crippen molar-refractivity contribution in [2.24, 2.45) is 17.6 Å². The maximum atomic E-state index is 13.0. The molecule has 184 valence electrons. The summed E-state index contributed by atoms with van der Waals surface area (Å²) in [5.74, 6) is -0.618. The van der Waals surface area contributed by atoms with Crippen molar-refractivity contribution in [3.05, 3.63) is 34.9 Å². The number of likely N-dealkylation sites (tertiary alicyclic amines) is 1. The Morgan fingerprint density at radius 3 is 1.94 bits per heavy atom. The van der Waals surface area contributed by atoms with Crippen LogP contribution in [0.15, 0.2) is 18.2 Å². The van der Waals surface area contributed by atoms with Crippen LogP contribution in [0, 0.1) is 11.8 Å². The minimum absolute atomic E-state index is 0.0376. The van der Waals surface area contributed by atoms with Gasteiger partial charge in [0, 0.05) is 32.0 Å². The summed E-state index contributed by atoms with van der Waals surface area (Å²) in [5, 5.41) is 0. The van der Waals surface area contributed by atoms with E-state index in [1.807, 2.05) is 0 Å². The molecule has 1 aliphatic heterocycles. The number of alkyl halides is 6. The number of carbonyl (C=O) groups is 2. The van der Waals surface area contributed by atoms with Gasteiger partial charge in [-0.3, -0.25) is 9.59 Å². The summed E-state index contributed by atoms with van der Waals surface area (Å²) in [4.78, 5) is 27.0. The number of hydrogen-bond acceptors (Lipinski definition) is 3. The Morgan fingerprint density at radius 1 is 0.879 bits per heavy atom. The van der Waals surface area contributed by atoms with Gasteiger partial charge in [0.05, 0.1) is 17.0 Å². The normalized spacial score (nSPS) is 22.9. The molecule has 2 fully saturated rings. The third kappa shape index (κ3) is 6.71. The number of carbonyl (C=O) groups excluding carboxylic acids is 2. The second-order valence-corrected chi connectivity index (χ2v) is 9.16. The SMILES string of the molecule is N[C@@H]1CCCC[C@@H]1C(=O)N1CCC(CC(=O)Cc2cc(C(F)(F)F)cc(C(F)(F)F)c2)CC1. The molecule has 4 nitrogen and oxygen atoms in total. The average molecular weight is 478 g/mol.